The SMILES string of the molecule is Cc1ccc(C(N)CN(C)c2ccc(C)cc2C)cc1. The highest BCUT2D eigenvalue weighted by Gasteiger charge is 2.11. The topological polar surface area (TPSA) is 29.3 Å². The number of aryl methyl sites for hydroxylation is 3. The Balaban J connectivity index is 2.10. The number of benzene rings is 2. The summed E-state index contributed by atoms with van der Waals surface area (Å²) in [5.74, 6) is 0. The van der Waals surface area contributed by atoms with E-state index >= 15 is 0 Å². The largest absolute Gasteiger partial charge is 0.372 e. The highest BCUT2D eigenvalue weighted by atomic mass is 15.1. The molecule has 0 saturated heterocycles. The van der Waals surface area contributed by atoms with Gasteiger partial charge in [-0.3, -0.25) is 0 Å². The molecule has 20 heavy (non-hydrogen) atoms. The normalized spacial score (nSPS) is 12.2. The molecular weight excluding hydrogens is 244 g/mol. The van der Waals surface area contributed by atoms with Crippen LogP contribution in [-0.4, -0.2) is 13.6 Å². The van der Waals surface area contributed by atoms with Crippen LogP contribution in [0.4, 0.5) is 5.69 Å². The molecule has 1 atom stereocenters. The molecule has 0 saturated carbocycles. The quantitative estimate of drug-likeness (QED) is 0.915. The van der Waals surface area contributed by atoms with E-state index < -0.39 is 0 Å². The number of nitrogens with zero attached hydrogens (tertiary/aromatic N) is 1. The zero-order valence-corrected chi connectivity index (χ0v) is 12.9. The number of nitrogens with two attached hydrogens (primary N) is 1. The van der Waals surface area contributed by atoms with Crippen LogP contribution in [0.1, 0.15) is 28.3 Å². The third kappa shape index (κ3) is 3.40. The Bertz CT molecular complexity index is 572. The number of anilines is 1. The molecule has 2 aromatic rings. The summed E-state index contributed by atoms with van der Waals surface area (Å²) < 4.78 is 0. The molecule has 0 aliphatic rings. The van der Waals surface area contributed by atoms with E-state index in [4.69, 9.17) is 5.73 Å². The predicted molar refractivity (Wildman–Crippen MR) is 87.3 cm³/mol. The smallest absolute Gasteiger partial charge is 0.0473 e. The van der Waals surface area contributed by atoms with Crippen LogP contribution in [0.25, 0.3) is 0 Å². The molecule has 0 radical (unpaired) electrons. The summed E-state index contributed by atoms with van der Waals surface area (Å²) in [4.78, 5) is 2.24. The molecule has 0 spiro atoms. The lowest BCUT2D eigenvalue weighted by Crippen LogP contribution is -2.29. The molecule has 2 aromatic carbocycles. The first-order chi connectivity index (χ1) is 9.47. The molecule has 0 fully saturated rings. The molecule has 0 bridgehead atoms. The Hall–Kier alpha value is -1.80. The van der Waals surface area contributed by atoms with Gasteiger partial charge >= 0.3 is 0 Å². The van der Waals surface area contributed by atoms with Crippen LogP contribution in [0.5, 0.6) is 0 Å². The third-order valence-electron chi connectivity index (χ3n) is 3.74. The van der Waals surface area contributed by atoms with Gasteiger partial charge in [-0.2, -0.15) is 0 Å². The predicted octanol–water partition coefficient (Wildman–Crippen LogP) is 3.75. The minimum atomic E-state index is 0.0290. The van der Waals surface area contributed by atoms with Gasteiger partial charge in [-0.15, -0.1) is 0 Å². The fourth-order valence-electron chi connectivity index (χ4n) is 2.55. The highest BCUT2D eigenvalue weighted by molar-refractivity contribution is 5.54. The van der Waals surface area contributed by atoms with E-state index in [1.165, 1.54) is 27.9 Å². The van der Waals surface area contributed by atoms with E-state index in [-0.39, 0.29) is 6.04 Å². The second-order valence-corrected chi connectivity index (χ2v) is 5.69. The summed E-state index contributed by atoms with van der Waals surface area (Å²) in [5.41, 5.74) is 12.6. The Morgan fingerprint density at radius 3 is 2.15 bits per heavy atom. The van der Waals surface area contributed by atoms with Gasteiger partial charge < -0.3 is 10.6 Å². The standard InChI is InChI=1S/C18H24N2/c1-13-5-8-16(9-6-13)17(19)12-20(4)18-10-7-14(2)11-15(18)3/h5-11,17H,12,19H2,1-4H3. The first kappa shape index (κ1) is 14.6. The van der Waals surface area contributed by atoms with Crippen molar-refractivity contribution >= 4 is 5.69 Å². The fourth-order valence-corrected chi connectivity index (χ4v) is 2.55. The fraction of sp³-hybridized carbons (Fsp3) is 0.333. The highest BCUT2D eigenvalue weighted by Crippen LogP contribution is 2.22. The van der Waals surface area contributed by atoms with E-state index in [0.29, 0.717) is 0 Å². The lowest BCUT2D eigenvalue weighted by Gasteiger charge is -2.25. The summed E-state index contributed by atoms with van der Waals surface area (Å²) in [7, 11) is 2.10. The van der Waals surface area contributed by atoms with Gasteiger partial charge in [0, 0.05) is 25.3 Å². The second-order valence-electron chi connectivity index (χ2n) is 5.69. The third-order valence-corrected chi connectivity index (χ3v) is 3.74. The molecule has 2 rings (SSSR count). The van der Waals surface area contributed by atoms with E-state index in [1.54, 1.807) is 0 Å². The molecule has 1 unspecified atom stereocenters. The molecule has 0 aliphatic carbocycles. The molecule has 0 heterocycles. The zero-order valence-electron chi connectivity index (χ0n) is 12.9. The van der Waals surface area contributed by atoms with Gasteiger partial charge in [0.25, 0.3) is 0 Å². The van der Waals surface area contributed by atoms with Gasteiger partial charge in [0.05, 0.1) is 0 Å². The number of hydrogen-bond acceptors (Lipinski definition) is 2. The van der Waals surface area contributed by atoms with Gasteiger partial charge in [-0.25, -0.2) is 0 Å². The van der Waals surface area contributed by atoms with Gasteiger partial charge in [-0.05, 0) is 38.0 Å². The molecule has 106 valence electrons. The van der Waals surface area contributed by atoms with Crippen LogP contribution in [0.3, 0.4) is 0 Å². The molecule has 0 aromatic heterocycles. The summed E-state index contributed by atoms with van der Waals surface area (Å²) in [6, 6.07) is 15.0. The molecular formula is C18H24N2. The number of likely N-dealkylation sites (N-methyl/N-ethyl adjacent to an activating group) is 1. The summed E-state index contributed by atoms with van der Waals surface area (Å²) >= 11 is 0. The van der Waals surface area contributed by atoms with Crippen LogP contribution in [-0.2, 0) is 0 Å². The van der Waals surface area contributed by atoms with Crippen molar-refractivity contribution < 1.29 is 0 Å². The molecule has 0 aliphatic heterocycles. The Morgan fingerprint density at radius 1 is 0.950 bits per heavy atom. The Kier molecular flexibility index (Phi) is 4.46. The maximum atomic E-state index is 6.32. The minimum Gasteiger partial charge on any atom is -0.372 e. The first-order valence-electron chi connectivity index (χ1n) is 7.08. The van der Waals surface area contributed by atoms with Gasteiger partial charge in [0.2, 0.25) is 0 Å². The van der Waals surface area contributed by atoms with Crippen molar-refractivity contribution in [2.24, 2.45) is 5.73 Å². The number of hydrogen-bond donors (Lipinski definition) is 1. The Labute approximate surface area is 122 Å². The molecule has 0 amide bonds. The van der Waals surface area contributed by atoms with Gasteiger partial charge in [0.1, 0.15) is 0 Å². The van der Waals surface area contributed by atoms with Crippen molar-refractivity contribution in [1.82, 2.24) is 0 Å². The van der Waals surface area contributed by atoms with E-state index in [2.05, 4.69) is 75.2 Å². The van der Waals surface area contributed by atoms with Gasteiger partial charge in [0.15, 0.2) is 0 Å². The van der Waals surface area contributed by atoms with Crippen LogP contribution in [0, 0.1) is 20.8 Å². The number of rotatable bonds is 4. The van der Waals surface area contributed by atoms with Crippen molar-refractivity contribution in [3.8, 4) is 0 Å². The van der Waals surface area contributed by atoms with Crippen LogP contribution >= 0.6 is 0 Å². The first-order valence-corrected chi connectivity index (χ1v) is 7.08. The molecule has 2 heteroatoms. The average Bonchev–Trinajstić information content (AvgIpc) is 2.39. The van der Waals surface area contributed by atoms with Crippen molar-refractivity contribution in [3.05, 3.63) is 64.7 Å². The minimum absolute atomic E-state index is 0.0290. The summed E-state index contributed by atoms with van der Waals surface area (Å²) in [6.45, 7) is 7.18. The lowest BCUT2D eigenvalue weighted by molar-refractivity contribution is 0.702. The van der Waals surface area contributed by atoms with Crippen molar-refractivity contribution in [2.75, 3.05) is 18.5 Å². The van der Waals surface area contributed by atoms with Crippen molar-refractivity contribution in [3.63, 3.8) is 0 Å². The lowest BCUT2D eigenvalue weighted by atomic mass is 10.0. The van der Waals surface area contributed by atoms with E-state index in [9.17, 15) is 0 Å². The van der Waals surface area contributed by atoms with Crippen LogP contribution in [0.2, 0.25) is 0 Å². The van der Waals surface area contributed by atoms with Crippen LogP contribution in [0.15, 0.2) is 42.5 Å². The van der Waals surface area contributed by atoms with Crippen LogP contribution < -0.4 is 10.6 Å². The average molecular weight is 268 g/mol. The summed E-state index contributed by atoms with van der Waals surface area (Å²) in [6.07, 6.45) is 0. The molecule has 2 nitrogen and oxygen atoms in total. The monoisotopic (exact) mass is 268 g/mol. The molecule has 2 N–H and O–H groups in total. The van der Waals surface area contributed by atoms with Crippen molar-refractivity contribution in [1.29, 1.82) is 0 Å². The van der Waals surface area contributed by atoms with E-state index in [1.807, 2.05) is 0 Å². The maximum Gasteiger partial charge on any atom is 0.0473 e. The second kappa shape index (κ2) is 6.10. The van der Waals surface area contributed by atoms with Crippen molar-refractivity contribution in [2.45, 2.75) is 26.8 Å². The Morgan fingerprint density at radius 2 is 1.55 bits per heavy atom. The van der Waals surface area contributed by atoms with E-state index in [0.717, 1.165) is 6.54 Å². The zero-order chi connectivity index (χ0) is 14.7. The van der Waals surface area contributed by atoms with Gasteiger partial charge in [-0.1, -0.05) is 47.5 Å². The maximum absolute atomic E-state index is 6.32. The summed E-state index contributed by atoms with van der Waals surface area (Å²) in [5, 5.41) is 0.